The second-order valence-electron chi connectivity index (χ2n) is 4.26. The Morgan fingerprint density at radius 1 is 1.40 bits per heavy atom. The summed E-state index contributed by atoms with van der Waals surface area (Å²) in [6, 6.07) is 1.68. The molecule has 0 aromatic carbocycles. The molecule has 0 aliphatic carbocycles. The molecule has 1 rings (SSSR count). The Bertz CT molecular complexity index is 356. The fourth-order valence-corrected chi connectivity index (χ4v) is 1.08. The van der Waals surface area contributed by atoms with Crippen LogP contribution in [0.1, 0.15) is 43.9 Å². The molecule has 1 aromatic rings. The van der Waals surface area contributed by atoms with Gasteiger partial charge in [-0.05, 0) is 13.0 Å². The Labute approximate surface area is 89.7 Å². The van der Waals surface area contributed by atoms with Crippen LogP contribution in [0.3, 0.4) is 0 Å². The second kappa shape index (κ2) is 4.38. The molecule has 0 radical (unpaired) electrons. The molecule has 1 heterocycles. The summed E-state index contributed by atoms with van der Waals surface area (Å²) in [6.07, 6.45) is 1.40. The predicted molar refractivity (Wildman–Crippen MR) is 56.7 cm³/mol. The molecule has 0 fully saturated rings. The van der Waals surface area contributed by atoms with Gasteiger partial charge in [0.25, 0.3) is 0 Å². The van der Waals surface area contributed by atoms with Gasteiger partial charge in [-0.3, -0.25) is 0 Å². The third-order valence-electron chi connectivity index (χ3n) is 1.92. The van der Waals surface area contributed by atoms with E-state index < -0.39 is 5.97 Å². The van der Waals surface area contributed by atoms with Crippen molar-refractivity contribution in [1.29, 1.82) is 0 Å². The molecule has 82 valence electrons. The van der Waals surface area contributed by atoms with E-state index in [0.29, 0.717) is 12.3 Å². The molecule has 0 aliphatic rings. The monoisotopic (exact) mass is 208 g/mol. The van der Waals surface area contributed by atoms with Gasteiger partial charge in [-0.2, -0.15) is 0 Å². The van der Waals surface area contributed by atoms with Gasteiger partial charge >= 0.3 is 5.97 Å². The van der Waals surface area contributed by atoms with Crippen LogP contribution >= 0.6 is 0 Å². The fraction of sp³-hybridized carbons (Fsp3) is 0.545. The summed E-state index contributed by atoms with van der Waals surface area (Å²) >= 11 is 0. The van der Waals surface area contributed by atoms with E-state index in [1.807, 2.05) is 20.8 Å². The lowest BCUT2D eigenvalue weighted by Crippen LogP contribution is -2.16. The van der Waals surface area contributed by atoms with Crippen molar-refractivity contribution >= 4 is 5.97 Å². The maximum atomic E-state index is 11.4. The molecule has 1 aromatic heterocycles. The number of rotatable bonds is 2. The highest BCUT2D eigenvalue weighted by molar-refractivity contribution is 5.87. The van der Waals surface area contributed by atoms with Gasteiger partial charge < -0.3 is 4.74 Å². The van der Waals surface area contributed by atoms with Crippen LogP contribution in [0.15, 0.2) is 12.4 Å². The van der Waals surface area contributed by atoms with Crippen molar-refractivity contribution in [3.05, 3.63) is 23.8 Å². The molecule has 0 saturated heterocycles. The Balaban J connectivity index is 2.98. The van der Waals surface area contributed by atoms with Crippen LogP contribution in [-0.4, -0.2) is 22.5 Å². The first kappa shape index (κ1) is 11.6. The van der Waals surface area contributed by atoms with Crippen molar-refractivity contribution in [3.8, 4) is 0 Å². The number of carbonyl (C=O) groups is 1. The number of aromatic nitrogens is 2. The summed E-state index contributed by atoms with van der Waals surface area (Å²) in [5, 5.41) is 0. The largest absolute Gasteiger partial charge is 0.461 e. The normalized spacial score (nSPS) is 11.2. The molecule has 15 heavy (non-hydrogen) atoms. The lowest BCUT2D eigenvalue weighted by atomic mass is 9.91. The molecule has 0 spiro atoms. The molecule has 0 saturated carbocycles. The van der Waals surface area contributed by atoms with E-state index in [1.165, 1.54) is 6.33 Å². The molecule has 0 aliphatic heterocycles. The second-order valence-corrected chi connectivity index (χ2v) is 4.26. The maximum Gasteiger partial charge on any atom is 0.357 e. The van der Waals surface area contributed by atoms with Gasteiger partial charge in [0.05, 0.1) is 6.61 Å². The van der Waals surface area contributed by atoms with Crippen LogP contribution in [0.5, 0.6) is 0 Å². The number of hydrogen-bond acceptors (Lipinski definition) is 4. The summed E-state index contributed by atoms with van der Waals surface area (Å²) < 4.78 is 4.87. The molecule has 4 nitrogen and oxygen atoms in total. The average Bonchev–Trinajstić information content (AvgIpc) is 2.17. The van der Waals surface area contributed by atoms with Crippen LogP contribution in [0.25, 0.3) is 0 Å². The SMILES string of the molecule is CCOC(=O)c1cc(C(C)(C)C)ncn1. The van der Waals surface area contributed by atoms with Gasteiger partial charge in [-0.15, -0.1) is 0 Å². The highest BCUT2D eigenvalue weighted by Crippen LogP contribution is 2.19. The number of nitrogens with zero attached hydrogens (tertiary/aromatic N) is 2. The van der Waals surface area contributed by atoms with Gasteiger partial charge in [0.15, 0.2) is 5.69 Å². The lowest BCUT2D eigenvalue weighted by molar-refractivity contribution is 0.0519. The van der Waals surface area contributed by atoms with Crippen LogP contribution in [0.2, 0.25) is 0 Å². The van der Waals surface area contributed by atoms with Crippen molar-refractivity contribution in [2.75, 3.05) is 6.61 Å². The number of esters is 1. The van der Waals surface area contributed by atoms with Crippen molar-refractivity contribution < 1.29 is 9.53 Å². The first-order chi connectivity index (χ1) is 6.95. The molecular formula is C11H16N2O2. The smallest absolute Gasteiger partial charge is 0.357 e. The summed E-state index contributed by atoms with van der Waals surface area (Å²) in [4.78, 5) is 19.4. The van der Waals surface area contributed by atoms with Crippen molar-refractivity contribution in [2.45, 2.75) is 33.1 Å². The van der Waals surface area contributed by atoms with Crippen LogP contribution in [0, 0.1) is 0 Å². The Morgan fingerprint density at radius 2 is 2.07 bits per heavy atom. The van der Waals surface area contributed by atoms with Crippen LogP contribution in [0.4, 0.5) is 0 Å². The quantitative estimate of drug-likeness (QED) is 0.697. The molecule has 0 N–H and O–H groups in total. The molecule has 0 amide bonds. The zero-order chi connectivity index (χ0) is 11.5. The minimum atomic E-state index is -0.398. The Morgan fingerprint density at radius 3 is 2.60 bits per heavy atom. The van der Waals surface area contributed by atoms with Gasteiger partial charge in [0.2, 0.25) is 0 Å². The maximum absolute atomic E-state index is 11.4. The lowest BCUT2D eigenvalue weighted by Gasteiger charge is -2.17. The summed E-state index contributed by atoms with van der Waals surface area (Å²) in [5.74, 6) is -0.398. The molecular weight excluding hydrogens is 192 g/mol. The van der Waals surface area contributed by atoms with Crippen LogP contribution in [-0.2, 0) is 10.2 Å². The van der Waals surface area contributed by atoms with Crippen molar-refractivity contribution in [3.63, 3.8) is 0 Å². The minimum Gasteiger partial charge on any atom is -0.461 e. The van der Waals surface area contributed by atoms with E-state index in [0.717, 1.165) is 5.69 Å². The zero-order valence-corrected chi connectivity index (χ0v) is 9.57. The Kier molecular flexibility index (Phi) is 3.39. The zero-order valence-electron chi connectivity index (χ0n) is 9.57. The molecule has 0 atom stereocenters. The van der Waals surface area contributed by atoms with E-state index in [2.05, 4.69) is 9.97 Å². The number of ether oxygens (including phenoxy) is 1. The van der Waals surface area contributed by atoms with E-state index in [4.69, 9.17) is 4.74 Å². The van der Waals surface area contributed by atoms with Gasteiger partial charge in [-0.1, -0.05) is 20.8 Å². The van der Waals surface area contributed by atoms with E-state index in [-0.39, 0.29) is 5.41 Å². The summed E-state index contributed by atoms with van der Waals surface area (Å²) in [7, 11) is 0. The first-order valence-corrected chi connectivity index (χ1v) is 4.94. The third-order valence-corrected chi connectivity index (χ3v) is 1.92. The minimum absolute atomic E-state index is 0.0931. The third kappa shape index (κ3) is 3.01. The molecule has 0 unspecified atom stereocenters. The standard InChI is InChI=1S/C11H16N2O2/c1-5-15-10(14)8-6-9(11(2,3)4)13-7-12-8/h6-7H,5H2,1-4H3. The van der Waals surface area contributed by atoms with Crippen molar-refractivity contribution in [1.82, 2.24) is 9.97 Å². The van der Waals surface area contributed by atoms with E-state index >= 15 is 0 Å². The van der Waals surface area contributed by atoms with Crippen molar-refractivity contribution in [2.24, 2.45) is 0 Å². The topological polar surface area (TPSA) is 52.1 Å². The highest BCUT2D eigenvalue weighted by Gasteiger charge is 2.18. The predicted octanol–water partition coefficient (Wildman–Crippen LogP) is 1.95. The average molecular weight is 208 g/mol. The van der Waals surface area contributed by atoms with Gasteiger partial charge in [0.1, 0.15) is 6.33 Å². The highest BCUT2D eigenvalue weighted by atomic mass is 16.5. The van der Waals surface area contributed by atoms with E-state index in [1.54, 1.807) is 13.0 Å². The molecule has 0 bridgehead atoms. The number of carbonyl (C=O) groups excluding carboxylic acids is 1. The first-order valence-electron chi connectivity index (χ1n) is 4.94. The van der Waals surface area contributed by atoms with Gasteiger partial charge in [0, 0.05) is 11.1 Å². The molecule has 4 heteroatoms. The number of hydrogen-bond donors (Lipinski definition) is 0. The summed E-state index contributed by atoms with van der Waals surface area (Å²) in [6.45, 7) is 8.22. The van der Waals surface area contributed by atoms with Crippen LogP contribution < -0.4 is 0 Å². The van der Waals surface area contributed by atoms with Gasteiger partial charge in [-0.25, -0.2) is 14.8 Å². The Hall–Kier alpha value is -1.45. The fourth-order valence-electron chi connectivity index (χ4n) is 1.08. The summed E-state index contributed by atoms with van der Waals surface area (Å²) in [5.41, 5.74) is 1.06. The van der Waals surface area contributed by atoms with E-state index in [9.17, 15) is 4.79 Å².